The number of hydrogen-bond acceptors (Lipinski definition) is 14. The van der Waals surface area contributed by atoms with Gasteiger partial charge in [0.05, 0.1) is 24.4 Å². The largest absolute Gasteiger partial charge is 0.465 e. The highest BCUT2D eigenvalue weighted by molar-refractivity contribution is 7.80. The van der Waals surface area contributed by atoms with Gasteiger partial charge in [-0.2, -0.15) is 0 Å². The molecule has 2 saturated heterocycles. The molecule has 0 unspecified atom stereocenters. The minimum Gasteiger partial charge on any atom is -0.465 e. The van der Waals surface area contributed by atoms with E-state index in [1.807, 2.05) is 45.9 Å². The van der Waals surface area contributed by atoms with Gasteiger partial charge in [-0.05, 0) is 120 Å². The number of thiocarbonyl (C=S) groups is 1. The molecule has 3 N–H and O–H groups in total. The lowest BCUT2D eigenvalue weighted by Crippen LogP contribution is -2.64. The average molecular weight is 955 g/mol. The zero-order valence-electron chi connectivity index (χ0n) is 40.8. The Morgan fingerprint density at radius 2 is 1.60 bits per heavy atom. The van der Waals surface area contributed by atoms with Crippen molar-refractivity contribution in [2.24, 2.45) is 29.6 Å². The van der Waals surface area contributed by atoms with Gasteiger partial charge in [-0.25, -0.2) is 4.79 Å². The van der Waals surface area contributed by atoms with Crippen LogP contribution in [-0.2, 0) is 47.6 Å². The number of cyclic esters (lactones) is 1. The zero-order chi connectivity index (χ0) is 49.2. The van der Waals surface area contributed by atoms with Gasteiger partial charge < -0.3 is 43.5 Å². The van der Waals surface area contributed by atoms with Crippen molar-refractivity contribution in [2.45, 2.75) is 167 Å². The summed E-state index contributed by atoms with van der Waals surface area (Å²) >= 11 is 5.40. The van der Waals surface area contributed by atoms with E-state index in [4.69, 9.17) is 40.6 Å². The SMILES string of the molecule is CC[C@@H]1/C=C(\C)C[C@H](C)C[C@H](OC)[C@H]2O[C@@](O)(C(=O)C(=O)N3CCCC[C@H]3C(=O)O[C@H](/C(C)=C/[C@@H]3CC[C@@H](OC(=S)NC(=O)c4ccccc4)[C@H](OC)C3)[C@H](C)[C@@H](O)CC1=O)[C@H](C)C[C@@H]2OC. The molecule has 4 aliphatic rings. The highest BCUT2D eigenvalue weighted by atomic mass is 32.1. The van der Waals surface area contributed by atoms with Gasteiger partial charge in [-0.1, -0.05) is 63.6 Å². The highest BCUT2D eigenvalue weighted by Gasteiger charge is 2.56. The van der Waals surface area contributed by atoms with Crippen molar-refractivity contribution in [1.29, 1.82) is 0 Å². The van der Waals surface area contributed by atoms with Gasteiger partial charge in [0.2, 0.25) is 5.79 Å². The van der Waals surface area contributed by atoms with E-state index in [2.05, 4.69) is 5.32 Å². The summed E-state index contributed by atoms with van der Waals surface area (Å²) in [5.41, 5.74) is 2.05. The summed E-state index contributed by atoms with van der Waals surface area (Å²) in [6, 6.07) is 7.50. The summed E-state index contributed by atoms with van der Waals surface area (Å²) < 4.78 is 36.3. The highest BCUT2D eigenvalue weighted by Crippen LogP contribution is 2.39. The molecule has 3 heterocycles. The molecular weight excluding hydrogens is 881 g/mol. The molecule has 1 aliphatic carbocycles. The van der Waals surface area contributed by atoms with Crippen LogP contribution in [0.5, 0.6) is 0 Å². The maximum absolute atomic E-state index is 14.5. The van der Waals surface area contributed by atoms with Crippen molar-refractivity contribution >= 4 is 46.7 Å². The van der Waals surface area contributed by atoms with Crippen LogP contribution < -0.4 is 5.32 Å². The second-order valence-electron chi connectivity index (χ2n) is 19.4. The third-order valence-electron chi connectivity index (χ3n) is 14.4. The fourth-order valence-electron chi connectivity index (χ4n) is 10.4. The van der Waals surface area contributed by atoms with Gasteiger partial charge in [0.15, 0.2) is 0 Å². The zero-order valence-corrected chi connectivity index (χ0v) is 41.6. The first-order valence-corrected chi connectivity index (χ1v) is 24.4. The lowest BCUT2D eigenvalue weighted by Gasteiger charge is -2.47. The number of methoxy groups -OCH3 is 3. The first-order valence-electron chi connectivity index (χ1n) is 24.0. The predicted molar refractivity (Wildman–Crippen MR) is 253 cm³/mol. The van der Waals surface area contributed by atoms with Crippen molar-refractivity contribution in [3.63, 3.8) is 0 Å². The number of esters is 1. The van der Waals surface area contributed by atoms with E-state index in [1.54, 1.807) is 45.2 Å². The number of rotatable bonds is 8. The third-order valence-corrected chi connectivity index (χ3v) is 14.6. The smallest absolute Gasteiger partial charge is 0.329 e. The first kappa shape index (κ1) is 54.0. The van der Waals surface area contributed by atoms with Crippen LogP contribution in [0.3, 0.4) is 0 Å². The summed E-state index contributed by atoms with van der Waals surface area (Å²) in [6.45, 7) is 11.2. The molecule has 0 spiro atoms. The topological polar surface area (TPSA) is 196 Å². The van der Waals surface area contributed by atoms with Crippen LogP contribution in [0.1, 0.15) is 123 Å². The minimum atomic E-state index is -2.53. The second-order valence-corrected chi connectivity index (χ2v) is 19.7. The number of ether oxygens (including phenoxy) is 6. The Labute approximate surface area is 401 Å². The molecule has 1 saturated carbocycles. The van der Waals surface area contributed by atoms with E-state index in [0.29, 0.717) is 62.5 Å². The molecule has 15 nitrogen and oxygen atoms in total. The van der Waals surface area contributed by atoms with Crippen molar-refractivity contribution < 1.29 is 62.6 Å². The number of carbonyl (C=O) groups is 5. The lowest BCUT2D eigenvalue weighted by molar-refractivity contribution is -0.302. The molecule has 3 aliphatic heterocycles. The van der Waals surface area contributed by atoms with Crippen LogP contribution >= 0.6 is 12.2 Å². The van der Waals surface area contributed by atoms with Gasteiger partial charge >= 0.3 is 5.97 Å². The summed E-state index contributed by atoms with van der Waals surface area (Å²) in [5, 5.41) is 26.5. The Hall–Kier alpha value is -3.90. The summed E-state index contributed by atoms with van der Waals surface area (Å²) in [7, 11) is 4.63. The van der Waals surface area contributed by atoms with Crippen molar-refractivity contribution in [1.82, 2.24) is 10.2 Å². The molecule has 1 aromatic rings. The van der Waals surface area contributed by atoms with Gasteiger partial charge in [0.25, 0.3) is 22.8 Å². The minimum absolute atomic E-state index is 0.0130. The summed E-state index contributed by atoms with van der Waals surface area (Å²) in [5.74, 6) is -8.23. The monoisotopic (exact) mass is 954 g/mol. The molecule has 5 rings (SSSR count). The van der Waals surface area contributed by atoms with E-state index >= 15 is 0 Å². The molecule has 0 radical (unpaired) electrons. The molecular formula is C51H74N2O13S. The fourth-order valence-corrected chi connectivity index (χ4v) is 10.6. The molecule has 372 valence electrons. The lowest BCUT2D eigenvalue weighted by atomic mass is 9.81. The van der Waals surface area contributed by atoms with Gasteiger partial charge in [-0.3, -0.25) is 24.5 Å². The fraction of sp³-hybridized carbons (Fsp3) is 0.686. The number of piperidine rings is 1. The molecule has 2 bridgehead atoms. The standard InChI is InChI=1S/C51H74N2O13S/c1-10-35-23-29(2)22-30(3)24-42(62-8)45-43(63-9)26-32(5)51(60,66-45)46(56)48(58)53-21-15-14-18-37(53)49(59)65-44(33(6)38(54)28-39(35)55)31(4)25-34-19-20-40(41(27-34)61-7)64-50(67)52-47(57)36-16-12-11-13-17-36/h11-13,16-17,23,25,30,32-35,37-38,40-45,54,60H,10,14-15,18-22,24,26-28H2,1-9H3,(H,52,57,67)/b29-23+,31-25+/t30-,32+,33+,34-,35+,37-,38-,40+,41+,42-,43-,44+,45+,51+/m0/s1. The number of carbonyl (C=O) groups excluding carboxylic acids is 5. The number of amides is 2. The van der Waals surface area contributed by atoms with E-state index in [9.17, 15) is 34.2 Å². The van der Waals surface area contributed by atoms with Crippen molar-refractivity contribution in [3.8, 4) is 0 Å². The number of ketones is 2. The Morgan fingerprint density at radius 3 is 2.25 bits per heavy atom. The van der Waals surface area contributed by atoms with E-state index in [-0.39, 0.29) is 54.5 Å². The molecule has 67 heavy (non-hydrogen) atoms. The number of hydrogen-bond donors (Lipinski definition) is 3. The number of fused-ring (bicyclic) bond motifs is 3. The van der Waals surface area contributed by atoms with Crippen LogP contribution in [-0.4, -0.2) is 132 Å². The van der Waals surface area contributed by atoms with E-state index in [0.717, 1.165) is 5.57 Å². The van der Waals surface area contributed by atoms with Crippen molar-refractivity contribution in [2.75, 3.05) is 27.9 Å². The molecule has 14 atom stereocenters. The molecule has 2 amide bonds. The quantitative estimate of drug-likeness (QED) is 0.115. The van der Waals surface area contributed by atoms with Gasteiger partial charge in [-0.15, -0.1) is 0 Å². The van der Waals surface area contributed by atoms with Crippen LogP contribution in [0.2, 0.25) is 0 Å². The van der Waals surface area contributed by atoms with Crippen LogP contribution in [0, 0.1) is 29.6 Å². The number of Topliss-reactive ketones (excluding diaryl/α,β-unsaturated/α-hetero) is 2. The number of aliphatic hydroxyl groups excluding tert-OH is 1. The van der Waals surface area contributed by atoms with Gasteiger partial charge in [0.1, 0.15) is 30.1 Å². The van der Waals surface area contributed by atoms with E-state index in [1.165, 1.54) is 19.1 Å². The predicted octanol–water partition coefficient (Wildman–Crippen LogP) is 6.21. The third kappa shape index (κ3) is 13.5. The number of nitrogens with one attached hydrogen (secondary N) is 1. The number of allylic oxidation sites excluding steroid dienone is 3. The number of nitrogens with zero attached hydrogens (tertiary/aromatic N) is 1. The maximum Gasteiger partial charge on any atom is 0.329 e. The number of benzene rings is 1. The first-order chi connectivity index (χ1) is 31.8. The molecule has 3 fully saturated rings. The number of aliphatic hydroxyl groups is 2. The normalized spacial score (nSPS) is 36.4. The molecule has 0 aromatic heterocycles. The van der Waals surface area contributed by atoms with Crippen LogP contribution in [0.15, 0.2) is 53.6 Å². The van der Waals surface area contributed by atoms with E-state index < -0.39 is 90.0 Å². The molecule has 16 heteroatoms. The Morgan fingerprint density at radius 1 is 0.925 bits per heavy atom. The van der Waals surface area contributed by atoms with Crippen molar-refractivity contribution in [3.05, 3.63) is 59.2 Å². The summed E-state index contributed by atoms with van der Waals surface area (Å²) in [4.78, 5) is 71.1. The second kappa shape index (κ2) is 24.6. The summed E-state index contributed by atoms with van der Waals surface area (Å²) in [6.07, 6.45) is 3.29. The Kier molecular flexibility index (Phi) is 19.8. The van der Waals surface area contributed by atoms with Crippen LogP contribution in [0.25, 0.3) is 0 Å². The van der Waals surface area contributed by atoms with Crippen LogP contribution in [0.4, 0.5) is 0 Å². The maximum atomic E-state index is 14.5. The van der Waals surface area contributed by atoms with Gasteiger partial charge in [0, 0.05) is 57.6 Å². The molecule has 1 aromatic carbocycles. The average Bonchev–Trinajstić information content (AvgIpc) is 3.31. The Bertz CT molecular complexity index is 1960. The Balaban J connectivity index is 1.44.